The van der Waals surface area contributed by atoms with E-state index in [0.29, 0.717) is 22.5 Å². The molecule has 0 unspecified atom stereocenters. The van der Waals surface area contributed by atoms with Crippen molar-refractivity contribution in [2.45, 2.75) is 6.61 Å². The van der Waals surface area contributed by atoms with E-state index in [1.165, 1.54) is 20.3 Å². The third-order valence-corrected chi connectivity index (χ3v) is 2.58. The second kappa shape index (κ2) is 6.91. The number of ether oxygens (including phenoxy) is 2. The Morgan fingerprint density at radius 3 is 2.67 bits per heavy atom. The Balaban J connectivity index is 0.00000220. The van der Waals surface area contributed by atoms with Crippen LogP contribution in [0.15, 0.2) is 12.1 Å². The number of anilines is 1. The SMILES string of the molecule is COCc1nc2c(C(=O)O)cc(NC(=O)OC)cc2[nH]1.Cl. The number of hydrogen-bond acceptors (Lipinski definition) is 5. The van der Waals surface area contributed by atoms with Crippen LogP contribution in [0.5, 0.6) is 0 Å². The molecule has 0 spiro atoms. The number of carboxylic acids is 1. The summed E-state index contributed by atoms with van der Waals surface area (Å²) in [5.41, 5.74) is 1.07. The van der Waals surface area contributed by atoms with Crippen molar-refractivity contribution in [3.05, 3.63) is 23.5 Å². The van der Waals surface area contributed by atoms with E-state index in [1.54, 1.807) is 6.07 Å². The highest BCUT2D eigenvalue weighted by Crippen LogP contribution is 2.23. The minimum absolute atomic E-state index is 0. The zero-order valence-electron chi connectivity index (χ0n) is 11.3. The number of benzene rings is 1. The van der Waals surface area contributed by atoms with E-state index in [2.05, 4.69) is 20.0 Å². The summed E-state index contributed by atoms with van der Waals surface area (Å²) in [6.45, 7) is 0.230. The number of aromatic amines is 1. The Bertz CT molecular complexity index is 670. The van der Waals surface area contributed by atoms with Crippen LogP contribution in [0, 0.1) is 0 Å². The van der Waals surface area contributed by atoms with E-state index in [1.807, 2.05) is 0 Å². The van der Waals surface area contributed by atoms with Crippen LogP contribution in [-0.4, -0.2) is 41.4 Å². The number of rotatable bonds is 4. The number of methoxy groups -OCH3 is 2. The van der Waals surface area contributed by atoms with Gasteiger partial charge in [-0.15, -0.1) is 12.4 Å². The van der Waals surface area contributed by atoms with Crippen molar-refractivity contribution < 1.29 is 24.2 Å². The van der Waals surface area contributed by atoms with Gasteiger partial charge in [0.05, 0.1) is 18.2 Å². The van der Waals surface area contributed by atoms with Crippen molar-refractivity contribution in [2.24, 2.45) is 0 Å². The number of H-pyrrole nitrogens is 1. The Labute approximate surface area is 125 Å². The standard InChI is InChI=1S/C12H13N3O5.ClH/c1-19-5-9-14-8-4-6(13-12(18)20-2)3-7(11(16)17)10(8)15-9;/h3-4H,5H2,1-2H3,(H,13,18)(H,14,15)(H,16,17);1H. The Kier molecular flexibility index (Phi) is 5.51. The van der Waals surface area contributed by atoms with Gasteiger partial charge in [-0.25, -0.2) is 14.6 Å². The molecular weight excluding hydrogens is 302 g/mol. The molecule has 1 amide bonds. The van der Waals surface area contributed by atoms with Gasteiger partial charge < -0.3 is 19.6 Å². The van der Waals surface area contributed by atoms with E-state index < -0.39 is 12.1 Å². The number of nitrogens with zero attached hydrogens (tertiary/aromatic N) is 1. The van der Waals surface area contributed by atoms with E-state index in [9.17, 15) is 14.7 Å². The fourth-order valence-corrected chi connectivity index (χ4v) is 1.78. The molecule has 0 saturated heterocycles. The van der Waals surface area contributed by atoms with Crippen molar-refractivity contribution in [1.82, 2.24) is 9.97 Å². The van der Waals surface area contributed by atoms with E-state index in [4.69, 9.17) is 4.74 Å². The lowest BCUT2D eigenvalue weighted by atomic mass is 10.1. The number of nitrogens with one attached hydrogen (secondary N) is 2. The van der Waals surface area contributed by atoms with Crippen molar-refractivity contribution in [3.63, 3.8) is 0 Å². The number of carboxylic acid groups (broad SMARTS) is 1. The first-order chi connectivity index (χ1) is 9.55. The van der Waals surface area contributed by atoms with Crippen LogP contribution < -0.4 is 5.32 Å². The normalized spacial score (nSPS) is 10.0. The molecule has 2 aromatic rings. The van der Waals surface area contributed by atoms with E-state index >= 15 is 0 Å². The van der Waals surface area contributed by atoms with Crippen LogP contribution in [0.2, 0.25) is 0 Å². The summed E-state index contributed by atoms with van der Waals surface area (Å²) in [6.07, 6.45) is -0.683. The molecule has 0 aliphatic carbocycles. The number of hydrogen-bond donors (Lipinski definition) is 3. The quantitative estimate of drug-likeness (QED) is 0.795. The maximum Gasteiger partial charge on any atom is 0.411 e. The average Bonchev–Trinajstić information content (AvgIpc) is 2.80. The van der Waals surface area contributed by atoms with Gasteiger partial charge in [0.1, 0.15) is 17.9 Å². The van der Waals surface area contributed by atoms with Crippen LogP contribution >= 0.6 is 12.4 Å². The van der Waals surface area contributed by atoms with E-state index in [-0.39, 0.29) is 24.6 Å². The van der Waals surface area contributed by atoms with Crippen LogP contribution in [0.1, 0.15) is 16.2 Å². The van der Waals surface area contributed by atoms with Crippen LogP contribution in [0.25, 0.3) is 11.0 Å². The highest BCUT2D eigenvalue weighted by molar-refractivity contribution is 6.03. The number of fused-ring (bicyclic) bond motifs is 1. The average molecular weight is 316 g/mol. The first kappa shape index (κ1) is 16.7. The molecule has 0 aliphatic rings. The molecule has 0 atom stereocenters. The minimum atomic E-state index is -1.14. The summed E-state index contributed by atoms with van der Waals surface area (Å²) >= 11 is 0. The zero-order chi connectivity index (χ0) is 14.7. The molecule has 3 N–H and O–H groups in total. The van der Waals surface area contributed by atoms with Gasteiger partial charge >= 0.3 is 12.1 Å². The topological polar surface area (TPSA) is 114 Å². The summed E-state index contributed by atoms with van der Waals surface area (Å²) in [5, 5.41) is 11.6. The number of aromatic nitrogens is 2. The van der Waals surface area contributed by atoms with Gasteiger partial charge in [-0.3, -0.25) is 5.32 Å². The van der Waals surface area contributed by atoms with Gasteiger partial charge in [0.15, 0.2) is 0 Å². The molecule has 2 rings (SSSR count). The zero-order valence-corrected chi connectivity index (χ0v) is 12.1. The molecule has 21 heavy (non-hydrogen) atoms. The Morgan fingerprint density at radius 2 is 2.10 bits per heavy atom. The number of imidazole rings is 1. The predicted molar refractivity (Wildman–Crippen MR) is 77.0 cm³/mol. The Morgan fingerprint density at radius 1 is 1.38 bits per heavy atom. The summed E-state index contributed by atoms with van der Waals surface area (Å²) < 4.78 is 9.41. The number of amides is 1. The fourth-order valence-electron chi connectivity index (χ4n) is 1.78. The molecule has 1 aromatic heterocycles. The highest BCUT2D eigenvalue weighted by atomic mass is 35.5. The van der Waals surface area contributed by atoms with Gasteiger partial charge in [-0.1, -0.05) is 0 Å². The molecule has 1 heterocycles. The third-order valence-electron chi connectivity index (χ3n) is 2.58. The minimum Gasteiger partial charge on any atom is -0.478 e. The molecule has 0 saturated carbocycles. The molecule has 0 fully saturated rings. The number of carbonyl (C=O) groups is 2. The molecule has 0 radical (unpaired) electrons. The molecule has 8 nitrogen and oxygen atoms in total. The Hall–Kier alpha value is -2.32. The molecule has 1 aromatic carbocycles. The summed E-state index contributed by atoms with van der Waals surface area (Å²) in [5.74, 6) is -0.640. The smallest absolute Gasteiger partial charge is 0.411 e. The number of carbonyl (C=O) groups excluding carboxylic acids is 1. The third kappa shape index (κ3) is 3.61. The molecular formula is C12H14ClN3O5. The second-order valence-electron chi connectivity index (χ2n) is 3.96. The van der Waals surface area contributed by atoms with Crippen molar-refractivity contribution in [2.75, 3.05) is 19.5 Å². The second-order valence-corrected chi connectivity index (χ2v) is 3.96. The maximum atomic E-state index is 11.3. The lowest BCUT2D eigenvalue weighted by Gasteiger charge is -2.05. The van der Waals surface area contributed by atoms with Gasteiger partial charge in [0, 0.05) is 12.8 Å². The van der Waals surface area contributed by atoms with Crippen molar-refractivity contribution in [1.29, 1.82) is 0 Å². The van der Waals surface area contributed by atoms with Crippen molar-refractivity contribution >= 4 is 41.2 Å². The van der Waals surface area contributed by atoms with Crippen molar-refractivity contribution in [3.8, 4) is 0 Å². The molecule has 0 aliphatic heterocycles. The lowest BCUT2D eigenvalue weighted by Crippen LogP contribution is -2.11. The summed E-state index contributed by atoms with van der Waals surface area (Å²) in [7, 11) is 2.73. The van der Waals surface area contributed by atoms with Crippen LogP contribution in [0.3, 0.4) is 0 Å². The summed E-state index contributed by atoms with van der Waals surface area (Å²) in [6, 6.07) is 2.89. The first-order valence-corrected chi connectivity index (χ1v) is 5.65. The number of halogens is 1. The highest BCUT2D eigenvalue weighted by Gasteiger charge is 2.15. The maximum absolute atomic E-state index is 11.3. The largest absolute Gasteiger partial charge is 0.478 e. The monoisotopic (exact) mass is 315 g/mol. The van der Waals surface area contributed by atoms with Gasteiger partial charge in [0.25, 0.3) is 0 Å². The van der Waals surface area contributed by atoms with E-state index in [0.717, 1.165) is 0 Å². The molecule has 9 heteroatoms. The van der Waals surface area contributed by atoms with Crippen LogP contribution in [0.4, 0.5) is 10.5 Å². The first-order valence-electron chi connectivity index (χ1n) is 5.65. The predicted octanol–water partition coefficient (Wildman–Crippen LogP) is 2.01. The molecule has 0 bridgehead atoms. The summed E-state index contributed by atoms with van der Waals surface area (Å²) in [4.78, 5) is 29.5. The number of aromatic carboxylic acids is 1. The van der Waals surface area contributed by atoms with Gasteiger partial charge in [0.2, 0.25) is 0 Å². The lowest BCUT2D eigenvalue weighted by molar-refractivity contribution is 0.0698. The molecule has 114 valence electrons. The van der Waals surface area contributed by atoms with Gasteiger partial charge in [-0.05, 0) is 12.1 Å². The van der Waals surface area contributed by atoms with Crippen LogP contribution in [-0.2, 0) is 16.1 Å². The fraction of sp³-hybridized carbons (Fsp3) is 0.250. The van der Waals surface area contributed by atoms with Gasteiger partial charge in [-0.2, -0.15) is 0 Å².